The maximum absolute atomic E-state index is 13.3. The standard InChI is InChI=1S/C27H39N3O5S/c1-6-18-28-27(32)22(4)29(20-23-12-10-21(3)11-13-23)26(31)9-8-19-30(36(5,33)34)24-14-16-25(17-15-24)35-7-2/h10-17,22H,6-9,18-20H2,1-5H3,(H,28,32)/t22-/m1/s1. The first-order chi connectivity index (χ1) is 17.1. The number of ether oxygens (including phenoxy) is 1. The molecule has 0 aromatic heterocycles. The lowest BCUT2D eigenvalue weighted by molar-refractivity contribution is -0.140. The van der Waals surface area contributed by atoms with E-state index in [1.165, 1.54) is 4.31 Å². The van der Waals surface area contributed by atoms with Gasteiger partial charge in [-0.2, -0.15) is 0 Å². The number of carbonyl (C=O) groups excluding carboxylic acids is 2. The first kappa shape index (κ1) is 29.2. The average molecular weight is 518 g/mol. The van der Waals surface area contributed by atoms with E-state index >= 15 is 0 Å². The lowest BCUT2D eigenvalue weighted by Crippen LogP contribution is -2.47. The molecule has 8 nitrogen and oxygen atoms in total. The van der Waals surface area contributed by atoms with Crippen LogP contribution in [0.4, 0.5) is 5.69 Å². The molecule has 198 valence electrons. The second kappa shape index (κ2) is 13.9. The van der Waals surface area contributed by atoms with E-state index < -0.39 is 16.1 Å². The minimum absolute atomic E-state index is 0.111. The molecule has 36 heavy (non-hydrogen) atoms. The van der Waals surface area contributed by atoms with Gasteiger partial charge in [-0.25, -0.2) is 8.42 Å². The lowest BCUT2D eigenvalue weighted by atomic mass is 10.1. The molecule has 0 heterocycles. The van der Waals surface area contributed by atoms with Gasteiger partial charge in [0, 0.05) is 26.1 Å². The van der Waals surface area contributed by atoms with Gasteiger partial charge < -0.3 is 15.0 Å². The van der Waals surface area contributed by atoms with Crippen molar-refractivity contribution in [3.05, 3.63) is 59.7 Å². The highest BCUT2D eigenvalue weighted by atomic mass is 32.2. The summed E-state index contributed by atoms with van der Waals surface area (Å²) in [6.07, 6.45) is 2.37. The number of nitrogens with one attached hydrogen (secondary N) is 1. The molecule has 2 rings (SSSR count). The number of amides is 2. The molecular formula is C27H39N3O5S. The van der Waals surface area contributed by atoms with Gasteiger partial charge in [0.05, 0.1) is 18.6 Å². The highest BCUT2D eigenvalue weighted by molar-refractivity contribution is 7.92. The number of aryl methyl sites for hydroxylation is 1. The highest BCUT2D eigenvalue weighted by Crippen LogP contribution is 2.22. The van der Waals surface area contributed by atoms with Gasteiger partial charge in [-0.05, 0) is 63.4 Å². The van der Waals surface area contributed by atoms with Crippen LogP contribution in [0.2, 0.25) is 0 Å². The van der Waals surface area contributed by atoms with Crippen molar-refractivity contribution in [2.24, 2.45) is 0 Å². The SMILES string of the molecule is CCCNC(=O)[C@@H](C)N(Cc1ccc(C)cc1)C(=O)CCCN(c1ccc(OCC)cc1)S(C)(=O)=O. The van der Waals surface area contributed by atoms with Crippen LogP contribution in [0.3, 0.4) is 0 Å². The largest absolute Gasteiger partial charge is 0.494 e. The van der Waals surface area contributed by atoms with E-state index in [1.807, 2.05) is 45.0 Å². The van der Waals surface area contributed by atoms with Crippen LogP contribution in [0, 0.1) is 6.92 Å². The van der Waals surface area contributed by atoms with Gasteiger partial charge in [-0.1, -0.05) is 36.8 Å². The van der Waals surface area contributed by atoms with E-state index in [4.69, 9.17) is 4.74 Å². The zero-order valence-electron chi connectivity index (χ0n) is 22.0. The molecule has 0 unspecified atom stereocenters. The number of anilines is 1. The molecule has 0 spiro atoms. The van der Waals surface area contributed by atoms with Crippen LogP contribution < -0.4 is 14.4 Å². The number of hydrogen-bond donors (Lipinski definition) is 1. The van der Waals surface area contributed by atoms with E-state index in [0.717, 1.165) is 23.8 Å². The summed E-state index contributed by atoms with van der Waals surface area (Å²) in [6.45, 7) is 9.07. The van der Waals surface area contributed by atoms with Crippen LogP contribution in [0.15, 0.2) is 48.5 Å². The summed E-state index contributed by atoms with van der Waals surface area (Å²) in [5.41, 5.74) is 2.55. The van der Waals surface area contributed by atoms with Crippen molar-refractivity contribution >= 4 is 27.5 Å². The summed E-state index contributed by atoms with van der Waals surface area (Å²) in [7, 11) is -3.55. The Kier molecular flexibility index (Phi) is 11.2. The third-order valence-electron chi connectivity index (χ3n) is 5.78. The summed E-state index contributed by atoms with van der Waals surface area (Å²) in [5, 5.41) is 2.86. The predicted molar refractivity (Wildman–Crippen MR) is 144 cm³/mol. The van der Waals surface area contributed by atoms with E-state index in [1.54, 1.807) is 36.1 Å². The van der Waals surface area contributed by atoms with Gasteiger partial charge in [0.15, 0.2) is 0 Å². The van der Waals surface area contributed by atoms with Gasteiger partial charge in [0.2, 0.25) is 21.8 Å². The number of sulfonamides is 1. The molecule has 0 aliphatic rings. The number of rotatable bonds is 14. The Hall–Kier alpha value is -3.07. The fourth-order valence-electron chi connectivity index (χ4n) is 3.75. The summed E-state index contributed by atoms with van der Waals surface area (Å²) < 4.78 is 31.7. The maximum atomic E-state index is 13.3. The Morgan fingerprint density at radius 3 is 2.22 bits per heavy atom. The first-order valence-electron chi connectivity index (χ1n) is 12.4. The number of carbonyl (C=O) groups is 2. The van der Waals surface area contributed by atoms with Crippen molar-refractivity contribution in [3.63, 3.8) is 0 Å². The molecule has 2 aromatic carbocycles. The van der Waals surface area contributed by atoms with Gasteiger partial charge in [0.1, 0.15) is 11.8 Å². The summed E-state index contributed by atoms with van der Waals surface area (Å²) in [4.78, 5) is 27.5. The third kappa shape index (κ3) is 8.86. The van der Waals surface area contributed by atoms with E-state index in [-0.39, 0.29) is 24.8 Å². The Balaban J connectivity index is 2.13. The van der Waals surface area contributed by atoms with Crippen LogP contribution in [-0.4, -0.2) is 57.1 Å². The number of nitrogens with zero attached hydrogens (tertiary/aromatic N) is 2. The Labute approximate surface area is 215 Å². The molecule has 0 saturated heterocycles. The van der Waals surface area contributed by atoms with Crippen molar-refractivity contribution in [2.45, 2.75) is 59.5 Å². The number of hydrogen-bond acceptors (Lipinski definition) is 5. The molecule has 1 atom stereocenters. The maximum Gasteiger partial charge on any atom is 0.242 e. The van der Waals surface area contributed by atoms with Gasteiger partial charge in [-0.15, -0.1) is 0 Å². The Morgan fingerprint density at radius 2 is 1.67 bits per heavy atom. The normalized spacial score (nSPS) is 12.0. The van der Waals surface area contributed by atoms with Crippen molar-refractivity contribution in [3.8, 4) is 5.75 Å². The zero-order valence-corrected chi connectivity index (χ0v) is 22.8. The van der Waals surface area contributed by atoms with Crippen molar-refractivity contribution in [1.82, 2.24) is 10.2 Å². The Morgan fingerprint density at radius 1 is 1.03 bits per heavy atom. The van der Waals surface area contributed by atoms with Crippen molar-refractivity contribution < 1.29 is 22.7 Å². The smallest absolute Gasteiger partial charge is 0.242 e. The van der Waals surface area contributed by atoms with E-state index in [9.17, 15) is 18.0 Å². The van der Waals surface area contributed by atoms with Gasteiger partial charge >= 0.3 is 0 Å². The van der Waals surface area contributed by atoms with E-state index in [2.05, 4.69) is 5.32 Å². The lowest BCUT2D eigenvalue weighted by Gasteiger charge is -2.29. The van der Waals surface area contributed by atoms with Crippen LogP contribution in [0.5, 0.6) is 5.75 Å². The Bertz CT molecular complexity index is 1090. The highest BCUT2D eigenvalue weighted by Gasteiger charge is 2.26. The fraction of sp³-hybridized carbons (Fsp3) is 0.481. The molecular weight excluding hydrogens is 478 g/mol. The van der Waals surface area contributed by atoms with Crippen LogP contribution in [0.1, 0.15) is 51.2 Å². The summed E-state index contributed by atoms with van der Waals surface area (Å²) >= 11 is 0. The molecule has 0 aliphatic heterocycles. The first-order valence-corrected chi connectivity index (χ1v) is 14.2. The second-order valence-electron chi connectivity index (χ2n) is 8.84. The van der Waals surface area contributed by atoms with Crippen LogP contribution in [-0.2, 0) is 26.2 Å². The molecule has 0 saturated carbocycles. The zero-order chi connectivity index (χ0) is 26.7. The molecule has 2 amide bonds. The molecule has 0 bridgehead atoms. The molecule has 0 fully saturated rings. The van der Waals surface area contributed by atoms with Crippen molar-refractivity contribution in [1.29, 1.82) is 0 Å². The minimum atomic E-state index is -3.55. The molecule has 2 aromatic rings. The molecule has 1 N–H and O–H groups in total. The summed E-state index contributed by atoms with van der Waals surface area (Å²) in [5.74, 6) is 0.256. The molecule has 0 radical (unpaired) electrons. The van der Waals surface area contributed by atoms with Crippen LogP contribution >= 0.6 is 0 Å². The molecule has 0 aliphatic carbocycles. The second-order valence-corrected chi connectivity index (χ2v) is 10.7. The van der Waals surface area contributed by atoms with Crippen molar-refractivity contribution in [2.75, 3.05) is 30.3 Å². The summed E-state index contributed by atoms with van der Waals surface area (Å²) in [6, 6.07) is 14.0. The van der Waals surface area contributed by atoms with Gasteiger partial charge in [-0.3, -0.25) is 13.9 Å². The predicted octanol–water partition coefficient (Wildman–Crippen LogP) is 3.88. The average Bonchev–Trinajstić information content (AvgIpc) is 2.84. The quantitative estimate of drug-likeness (QED) is 0.410. The van der Waals surface area contributed by atoms with Crippen LogP contribution in [0.25, 0.3) is 0 Å². The van der Waals surface area contributed by atoms with Gasteiger partial charge in [0.25, 0.3) is 0 Å². The molecule has 9 heteroatoms. The third-order valence-corrected chi connectivity index (χ3v) is 6.97. The number of benzene rings is 2. The fourth-order valence-corrected chi connectivity index (χ4v) is 4.71. The minimum Gasteiger partial charge on any atom is -0.494 e. The van der Waals surface area contributed by atoms with E-state index in [0.29, 0.717) is 37.6 Å². The monoisotopic (exact) mass is 517 g/mol. The topological polar surface area (TPSA) is 96.0 Å².